The van der Waals surface area contributed by atoms with Gasteiger partial charge in [-0.15, -0.1) is 0 Å². The van der Waals surface area contributed by atoms with Crippen molar-refractivity contribution in [2.24, 2.45) is 16.8 Å². The number of aliphatic hydroxyl groups is 1. The molecule has 63 heavy (non-hydrogen) atoms. The van der Waals surface area contributed by atoms with Crippen LogP contribution in [0.4, 0.5) is 11.4 Å². The van der Waals surface area contributed by atoms with E-state index in [1.54, 1.807) is 35.9 Å². The Kier molecular flexibility index (Phi) is 8.77. The van der Waals surface area contributed by atoms with Gasteiger partial charge in [-0.2, -0.15) is 0 Å². The van der Waals surface area contributed by atoms with Crippen LogP contribution >= 0.6 is 0 Å². The first-order valence-electron chi connectivity index (χ1n) is 20.6. The first-order valence-corrected chi connectivity index (χ1v) is 20.6. The molecule has 5 atom stereocenters. The number of nitrogens with one attached hydrogen (secondary N) is 1. The second-order valence-corrected chi connectivity index (χ2v) is 16.3. The van der Waals surface area contributed by atoms with Crippen molar-refractivity contribution in [3.05, 3.63) is 128 Å². The van der Waals surface area contributed by atoms with Crippen LogP contribution in [0, 0.1) is 11.8 Å². The predicted molar refractivity (Wildman–Crippen MR) is 228 cm³/mol. The molecule has 0 radical (unpaired) electrons. The zero-order valence-corrected chi connectivity index (χ0v) is 34.3. The quantitative estimate of drug-likeness (QED) is 0.113. The maximum absolute atomic E-state index is 14.0. The van der Waals surface area contributed by atoms with Crippen molar-refractivity contribution < 1.29 is 48.2 Å². The van der Waals surface area contributed by atoms with Gasteiger partial charge in [0.15, 0.2) is 28.6 Å². The lowest BCUT2D eigenvalue weighted by atomic mass is 9.65. The third-order valence-corrected chi connectivity index (χ3v) is 13.2. The predicted octanol–water partition coefficient (Wildman–Crippen LogP) is 6.37. The van der Waals surface area contributed by atoms with Gasteiger partial charge in [0.2, 0.25) is 12.5 Å². The smallest absolute Gasteiger partial charge is 0.343 e. The van der Waals surface area contributed by atoms with Crippen LogP contribution < -0.4 is 29.8 Å². The molecule has 0 amide bonds. The first kappa shape index (κ1) is 38.5. The van der Waals surface area contributed by atoms with Gasteiger partial charge in [0, 0.05) is 40.1 Å². The summed E-state index contributed by atoms with van der Waals surface area (Å²) in [6.45, 7) is 1.85. The number of phenolic OH excluding ortho intramolecular Hbond substituents is 1. The van der Waals surface area contributed by atoms with E-state index >= 15 is 0 Å². The van der Waals surface area contributed by atoms with E-state index in [0.29, 0.717) is 45.3 Å². The van der Waals surface area contributed by atoms with Crippen molar-refractivity contribution in [1.29, 1.82) is 0 Å². The third-order valence-electron chi connectivity index (χ3n) is 13.2. The number of carbonyl (C=O) groups is 2. The second kappa shape index (κ2) is 14.3. The van der Waals surface area contributed by atoms with E-state index in [1.807, 2.05) is 60.7 Å². The number of para-hydroxylation sites is 3. The Bertz CT molecular complexity index is 3030. The van der Waals surface area contributed by atoms with Gasteiger partial charge in [-0.25, -0.2) is 9.78 Å². The van der Waals surface area contributed by atoms with E-state index in [0.717, 1.165) is 27.6 Å². The van der Waals surface area contributed by atoms with E-state index in [2.05, 4.69) is 5.32 Å². The minimum atomic E-state index is -1.95. The Morgan fingerprint density at radius 2 is 1.65 bits per heavy atom. The average Bonchev–Trinajstić information content (AvgIpc) is 4.03. The number of hydrogen-bond donors (Lipinski definition) is 3. The highest BCUT2D eigenvalue weighted by Crippen LogP contribution is 2.56. The van der Waals surface area contributed by atoms with Crippen LogP contribution in [0.25, 0.3) is 22.3 Å². The summed E-state index contributed by atoms with van der Waals surface area (Å²) >= 11 is 0. The van der Waals surface area contributed by atoms with Gasteiger partial charge in [-0.3, -0.25) is 14.6 Å². The number of cyclic esters (lactones) is 2. The number of aliphatic imine (C=N–C) groups is 1. The van der Waals surface area contributed by atoms with Crippen LogP contribution in [-0.2, 0) is 37.8 Å². The molecule has 5 aliphatic rings. The number of nitrogens with zero attached hydrogens (tertiary/aromatic N) is 3. The van der Waals surface area contributed by atoms with Crippen LogP contribution in [0.15, 0.2) is 88.6 Å². The number of benzene rings is 4. The summed E-state index contributed by atoms with van der Waals surface area (Å²) in [5.74, 6) is -1.24. The van der Waals surface area contributed by atoms with E-state index in [4.69, 9.17) is 38.4 Å². The molecule has 2 unspecified atom stereocenters. The lowest BCUT2D eigenvalue weighted by Crippen LogP contribution is -2.44. The zero-order valence-electron chi connectivity index (χ0n) is 34.3. The van der Waals surface area contributed by atoms with Crippen molar-refractivity contribution in [3.63, 3.8) is 0 Å². The fraction of sp³-hybridized carbons (Fsp3) is 0.271. The highest BCUT2D eigenvalue weighted by Gasteiger charge is 2.53. The average molecular weight is 849 g/mol. The highest BCUT2D eigenvalue weighted by molar-refractivity contribution is 6.03. The number of methoxy groups -OCH3 is 2. The summed E-state index contributed by atoms with van der Waals surface area (Å²) in [6, 6.07) is 23.9. The molecule has 4 aromatic carbocycles. The molecular weight excluding hydrogens is 809 g/mol. The SMILES string of the molecule is CCC1(O)C(=O)OCc2c1cc1n(c2=O)Cc2c-1nc1ccccc1c2C=Nc1ccccc1NC1c2cc3c(cc2[C@@H](c2cc(OC)c(O)c(OC)c2)[C@H]2C(=O)OC[C@H]12)OCO3. The number of phenols is 1. The van der Waals surface area contributed by atoms with Crippen molar-refractivity contribution in [3.8, 4) is 40.1 Å². The summed E-state index contributed by atoms with van der Waals surface area (Å²) in [6.07, 6.45) is 1.82. The Balaban J connectivity index is 1.01. The van der Waals surface area contributed by atoms with Crippen LogP contribution in [0.2, 0.25) is 0 Å². The second-order valence-electron chi connectivity index (χ2n) is 16.3. The minimum Gasteiger partial charge on any atom is -0.502 e. The van der Waals surface area contributed by atoms with Crippen LogP contribution in [-0.4, -0.2) is 65.5 Å². The van der Waals surface area contributed by atoms with Crippen molar-refractivity contribution in [2.45, 2.75) is 44.1 Å². The first-order chi connectivity index (χ1) is 30.6. The van der Waals surface area contributed by atoms with Gasteiger partial charge in [0.05, 0.1) is 73.2 Å². The van der Waals surface area contributed by atoms with Gasteiger partial charge in [0.1, 0.15) is 6.61 Å². The van der Waals surface area contributed by atoms with E-state index < -0.39 is 29.4 Å². The number of pyridine rings is 2. The number of ether oxygens (including phenoxy) is 6. The van der Waals surface area contributed by atoms with Crippen molar-refractivity contribution >= 4 is 40.4 Å². The summed E-state index contributed by atoms with van der Waals surface area (Å²) < 4.78 is 35.6. The Labute approximate surface area is 359 Å². The molecule has 4 aliphatic heterocycles. The number of hydrogen-bond acceptors (Lipinski definition) is 14. The standard InChI is InChI=1S/C48H40N4O11/c1-4-48(57)31-17-35-43-28(19-52(35)45(54)29(31)20-61-47(48)56)27(24-9-5-6-10-32(24)50-43)18-49-33-11-7-8-12-34(33)51-42-26-16-37-36(62-22-63-37)15-25(26)40(41-30(42)21-60-46(41)55)23-13-38(58-2)44(53)39(14-23)59-3/h5-18,30,40-42,51,53,57H,4,19-22H2,1-3H3/t30-,40+,41-,42?,48?/m0/s1. The largest absolute Gasteiger partial charge is 0.502 e. The van der Waals surface area contributed by atoms with Crippen molar-refractivity contribution in [1.82, 2.24) is 9.55 Å². The van der Waals surface area contributed by atoms with Crippen LogP contribution in [0.3, 0.4) is 0 Å². The lowest BCUT2D eigenvalue weighted by Gasteiger charge is -2.40. The number of fused-ring (bicyclic) bond motifs is 8. The topological polar surface area (TPSA) is 189 Å². The monoisotopic (exact) mass is 848 g/mol. The molecule has 15 heteroatoms. The maximum atomic E-state index is 14.0. The van der Waals surface area contributed by atoms with Crippen LogP contribution in [0.5, 0.6) is 28.7 Å². The molecule has 11 rings (SSSR count). The minimum absolute atomic E-state index is 0.0378. The molecule has 6 heterocycles. The summed E-state index contributed by atoms with van der Waals surface area (Å²) in [7, 11) is 2.92. The lowest BCUT2D eigenvalue weighted by molar-refractivity contribution is -0.172. The van der Waals surface area contributed by atoms with Gasteiger partial charge < -0.3 is 48.5 Å². The molecule has 1 fully saturated rings. The molecule has 318 valence electrons. The van der Waals surface area contributed by atoms with Gasteiger partial charge in [-0.05, 0) is 71.6 Å². The molecule has 15 nitrogen and oxygen atoms in total. The molecule has 6 aromatic rings. The molecule has 1 aliphatic carbocycles. The number of rotatable bonds is 8. The Hall–Kier alpha value is -7.39. The van der Waals surface area contributed by atoms with Crippen molar-refractivity contribution in [2.75, 3.05) is 32.9 Å². The summed E-state index contributed by atoms with van der Waals surface area (Å²) in [4.78, 5) is 50.8. The summed E-state index contributed by atoms with van der Waals surface area (Å²) in [5.41, 5.74) is 5.15. The normalized spacial score (nSPS) is 22.5. The molecule has 0 bridgehead atoms. The summed E-state index contributed by atoms with van der Waals surface area (Å²) in [5, 5.41) is 26.8. The number of aromatic nitrogens is 2. The Morgan fingerprint density at radius 3 is 2.41 bits per heavy atom. The molecule has 3 N–H and O–H groups in total. The van der Waals surface area contributed by atoms with E-state index in [9.17, 15) is 24.6 Å². The van der Waals surface area contributed by atoms with E-state index in [-0.39, 0.29) is 78.8 Å². The fourth-order valence-corrected chi connectivity index (χ4v) is 10.1. The Morgan fingerprint density at radius 1 is 0.921 bits per heavy atom. The molecule has 1 saturated heterocycles. The zero-order chi connectivity index (χ0) is 43.3. The molecule has 0 saturated carbocycles. The fourth-order valence-electron chi connectivity index (χ4n) is 10.1. The molecule has 0 spiro atoms. The van der Waals surface area contributed by atoms with E-state index in [1.165, 1.54) is 14.2 Å². The number of carbonyl (C=O) groups excluding carboxylic acids is 2. The number of anilines is 1. The maximum Gasteiger partial charge on any atom is 0.343 e. The van der Waals surface area contributed by atoms with Gasteiger partial charge >= 0.3 is 11.9 Å². The van der Waals surface area contributed by atoms with Gasteiger partial charge in [0.25, 0.3) is 5.56 Å². The number of esters is 2. The number of aromatic hydroxyl groups is 1. The highest BCUT2D eigenvalue weighted by atomic mass is 16.7. The third kappa shape index (κ3) is 5.72. The van der Waals surface area contributed by atoms with Gasteiger partial charge in [-0.1, -0.05) is 37.3 Å². The molecule has 2 aromatic heterocycles. The molecular formula is C48H40N4O11. The van der Waals surface area contributed by atoms with Crippen LogP contribution in [0.1, 0.15) is 64.2 Å².